The molecule has 104 valence electrons. The number of benzene rings is 1. The SMILES string of the molecule is COc1cc2c(c(C3(N=C=O)CCCC3)c1)NC(=O)C2. The van der Waals surface area contributed by atoms with Crippen LogP contribution in [-0.4, -0.2) is 19.1 Å². The van der Waals surface area contributed by atoms with Crippen molar-refractivity contribution in [3.63, 3.8) is 0 Å². The normalized spacial score (nSPS) is 19.1. The maximum absolute atomic E-state index is 11.7. The molecule has 1 aromatic carbocycles. The lowest BCUT2D eigenvalue weighted by Gasteiger charge is -2.26. The number of fused-ring (bicyclic) bond motifs is 1. The molecule has 0 unspecified atom stereocenters. The molecule has 20 heavy (non-hydrogen) atoms. The fourth-order valence-electron chi connectivity index (χ4n) is 3.29. The summed E-state index contributed by atoms with van der Waals surface area (Å²) in [5.41, 5.74) is 2.05. The van der Waals surface area contributed by atoms with Gasteiger partial charge in [-0.05, 0) is 30.5 Å². The van der Waals surface area contributed by atoms with Crippen molar-refractivity contribution in [2.24, 2.45) is 4.99 Å². The van der Waals surface area contributed by atoms with Gasteiger partial charge in [0.25, 0.3) is 0 Å². The van der Waals surface area contributed by atoms with E-state index in [1.165, 1.54) is 0 Å². The molecule has 1 heterocycles. The monoisotopic (exact) mass is 272 g/mol. The number of carbonyl (C=O) groups excluding carboxylic acids is 2. The first-order chi connectivity index (χ1) is 9.68. The van der Waals surface area contributed by atoms with Crippen molar-refractivity contribution in [2.45, 2.75) is 37.6 Å². The maximum Gasteiger partial charge on any atom is 0.235 e. The largest absolute Gasteiger partial charge is 0.497 e. The number of methoxy groups -OCH3 is 1. The quantitative estimate of drug-likeness (QED) is 0.678. The summed E-state index contributed by atoms with van der Waals surface area (Å²) in [5, 5.41) is 2.89. The highest BCUT2D eigenvalue weighted by molar-refractivity contribution is 6.00. The molecule has 5 nitrogen and oxygen atoms in total. The van der Waals surface area contributed by atoms with Gasteiger partial charge in [0, 0.05) is 5.56 Å². The third kappa shape index (κ3) is 1.91. The Morgan fingerprint density at radius 2 is 2.10 bits per heavy atom. The Balaban J connectivity index is 2.19. The highest BCUT2D eigenvalue weighted by Crippen LogP contribution is 2.48. The van der Waals surface area contributed by atoms with Crippen LogP contribution in [0.2, 0.25) is 0 Å². The van der Waals surface area contributed by atoms with Gasteiger partial charge >= 0.3 is 0 Å². The molecule has 0 aromatic heterocycles. The predicted octanol–water partition coefficient (Wildman–Crippen LogP) is 2.29. The third-order valence-corrected chi connectivity index (χ3v) is 4.24. The van der Waals surface area contributed by atoms with Gasteiger partial charge in [-0.15, -0.1) is 0 Å². The lowest BCUT2D eigenvalue weighted by molar-refractivity contribution is -0.115. The van der Waals surface area contributed by atoms with Crippen molar-refractivity contribution >= 4 is 17.7 Å². The van der Waals surface area contributed by atoms with Gasteiger partial charge in [0.1, 0.15) is 11.3 Å². The van der Waals surface area contributed by atoms with Crippen LogP contribution in [0, 0.1) is 0 Å². The first kappa shape index (κ1) is 12.9. The predicted molar refractivity (Wildman–Crippen MR) is 73.6 cm³/mol. The number of carbonyl (C=O) groups is 1. The number of hydrogen-bond acceptors (Lipinski definition) is 4. The Kier molecular flexibility index (Phi) is 3.07. The Morgan fingerprint density at radius 1 is 1.35 bits per heavy atom. The number of nitrogens with zero attached hydrogens (tertiary/aromatic N) is 1. The summed E-state index contributed by atoms with van der Waals surface area (Å²) < 4.78 is 5.32. The van der Waals surface area contributed by atoms with Crippen molar-refractivity contribution < 1.29 is 14.3 Å². The van der Waals surface area contributed by atoms with Crippen molar-refractivity contribution in [1.29, 1.82) is 0 Å². The highest BCUT2D eigenvalue weighted by atomic mass is 16.5. The summed E-state index contributed by atoms with van der Waals surface area (Å²) in [6.45, 7) is 0. The second kappa shape index (κ2) is 4.76. The standard InChI is InChI=1S/C15H16N2O3/c1-20-11-6-10-7-13(19)17-14(10)12(8-11)15(16-9-18)4-2-3-5-15/h6,8H,2-5,7H2,1H3,(H,17,19). The van der Waals surface area contributed by atoms with Crippen LogP contribution >= 0.6 is 0 Å². The summed E-state index contributed by atoms with van der Waals surface area (Å²) in [5.74, 6) is 0.667. The van der Waals surface area contributed by atoms with Gasteiger partial charge in [0.2, 0.25) is 12.0 Å². The number of anilines is 1. The van der Waals surface area contributed by atoms with E-state index in [9.17, 15) is 9.59 Å². The van der Waals surface area contributed by atoms with E-state index in [4.69, 9.17) is 4.74 Å². The van der Waals surface area contributed by atoms with Crippen molar-refractivity contribution in [3.8, 4) is 5.75 Å². The molecule has 0 spiro atoms. The van der Waals surface area contributed by atoms with Crippen molar-refractivity contribution in [3.05, 3.63) is 23.3 Å². The van der Waals surface area contributed by atoms with Crippen LogP contribution in [0.3, 0.4) is 0 Å². The van der Waals surface area contributed by atoms with Crippen LogP contribution in [-0.2, 0) is 21.5 Å². The van der Waals surface area contributed by atoms with Crippen LogP contribution in [0.1, 0.15) is 36.8 Å². The molecule has 0 bridgehead atoms. The zero-order valence-electron chi connectivity index (χ0n) is 11.4. The second-order valence-corrected chi connectivity index (χ2v) is 5.38. The Hall–Kier alpha value is -2.13. The molecule has 1 fully saturated rings. The molecule has 1 aliphatic heterocycles. The van der Waals surface area contributed by atoms with Crippen LogP contribution in [0.15, 0.2) is 17.1 Å². The summed E-state index contributed by atoms with van der Waals surface area (Å²) >= 11 is 0. The molecule has 1 amide bonds. The number of isocyanates is 1. The van der Waals surface area contributed by atoms with E-state index in [1.807, 2.05) is 12.1 Å². The average Bonchev–Trinajstić information content (AvgIpc) is 3.04. The van der Waals surface area contributed by atoms with E-state index in [-0.39, 0.29) is 5.91 Å². The molecule has 0 radical (unpaired) electrons. The molecular formula is C15H16N2O3. The smallest absolute Gasteiger partial charge is 0.235 e. The van der Waals surface area contributed by atoms with Gasteiger partial charge in [-0.1, -0.05) is 12.8 Å². The Labute approximate surface area is 117 Å². The lowest BCUT2D eigenvalue weighted by Crippen LogP contribution is -2.21. The molecule has 2 aliphatic rings. The van der Waals surface area contributed by atoms with Crippen LogP contribution in [0.5, 0.6) is 5.75 Å². The first-order valence-electron chi connectivity index (χ1n) is 6.79. The lowest BCUT2D eigenvalue weighted by atomic mass is 9.86. The van der Waals surface area contributed by atoms with E-state index in [1.54, 1.807) is 13.2 Å². The minimum absolute atomic E-state index is 0.0299. The van der Waals surface area contributed by atoms with Gasteiger partial charge in [-0.3, -0.25) is 4.79 Å². The zero-order valence-corrected chi connectivity index (χ0v) is 11.4. The van der Waals surface area contributed by atoms with E-state index in [0.29, 0.717) is 12.2 Å². The summed E-state index contributed by atoms with van der Waals surface area (Å²) in [4.78, 5) is 26.6. The number of ether oxygens (including phenoxy) is 1. The molecule has 1 aromatic rings. The van der Waals surface area contributed by atoms with Gasteiger partial charge in [0.05, 0.1) is 19.2 Å². The highest BCUT2D eigenvalue weighted by Gasteiger charge is 2.40. The molecular weight excluding hydrogens is 256 g/mol. The van der Waals surface area contributed by atoms with Gasteiger partial charge in [-0.25, -0.2) is 4.79 Å². The van der Waals surface area contributed by atoms with Crippen LogP contribution < -0.4 is 10.1 Å². The number of amides is 1. The minimum Gasteiger partial charge on any atom is -0.497 e. The molecule has 1 saturated carbocycles. The number of aliphatic imine (C=N–C) groups is 1. The fraction of sp³-hybridized carbons (Fsp3) is 0.467. The maximum atomic E-state index is 11.7. The van der Waals surface area contributed by atoms with Crippen LogP contribution in [0.25, 0.3) is 0 Å². The average molecular weight is 272 g/mol. The van der Waals surface area contributed by atoms with E-state index < -0.39 is 5.54 Å². The Bertz CT molecular complexity index is 612. The summed E-state index contributed by atoms with van der Waals surface area (Å²) in [6.07, 6.45) is 5.70. The first-order valence-corrected chi connectivity index (χ1v) is 6.79. The minimum atomic E-state index is -0.558. The van der Waals surface area contributed by atoms with Gasteiger partial charge < -0.3 is 10.1 Å². The second-order valence-electron chi connectivity index (χ2n) is 5.38. The van der Waals surface area contributed by atoms with E-state index >= 15 is 0 Å². The summed E-state index contributed by atoms with van der Waals surface area (Å²) in [6, 6.07) is 3.75. The molecule has 0 atom stereocenters. The summed E-state index contributed by atoms with van der Waals surface area (Å²) in [7, 11) is 1.60. The number of nitrogens with one attached hydrogen (secondary N) is 1. The molecule has 1 aliphatic carbocycles. The fourth-order valence-corrected chi connectivity index (χ4v) is 3.29. The Morgan fingerprint density at radius 3 is 2.75 bits per heavy atom. The molecule has 0 saturated heterocycles. The number of hydrogen-bond donors (Lipinski definition) is 1. The van der Waals surface area contributed by atoms with E-state index in [0.717, 1.165) is 42.5 Å². The van der Waals surface area contributed by atoms with Crippen molar-refractivity contribution in [2.75, 3.05) is 12.4 Å². The van der Waals surface area contributed by atoms with Crippen molar-refractivity contribution in [1.82, 2.24) is 0 Å². The molecule has 5 heteroatoms. The van der Waals surface area contributed by atoms with Crippen LogP contribution in [0.4, 0.5) is 5.69 Å². The molecule has 3 rings (SSSR count). The topological polar surface area (TPSA) is 67.8 Å². The third-order valence-electron chi connectivity index (χ3n) is 4.24. The van der Waals surface area contributed by atoms with Gasteiger partial charge in [-0.2, -0.15) is 4.99 Å². The van der Waals surface area contributed by atoms with Gasteiger partial charge in [0.15, 0.2) is 0 Å². The zero-order chi connectivity index (χ0) is 14.2. The van der Waals surface area contributed by atoms with E-state index in [2.05, 4.69) is 10.3 Å². The molecule has 1 N–H and O–H groups in total. The number of rotatable bonds is 3.